The summed E-state index contributed by atoms with van der Waals surface area (Å²) in [7, 11) is 3.11. The van der Waals surface area contributed by atoms with Gasteiger partial charge in [-0.05, 0) is 31.9 Å². The monoisotopic (exact) mass is 793 g/mol. The third kappa shape index (κ3) is 17.7. The molecule has 0 aliphatic carbocycles. The first kappa shape index (κ1) is 47.3. The second-order valence-corrected chi connectivity index (χ2v) is 13.3. The molecule has 1 saturated heterocycles. The maximum Gasteiger partial charge on any atom is 0.255 e. The minimum atomic E-state index is -1.76. The summed E-state index contributed by atoms with van der Waals surface area (Å²) in [4.78, 5) is 39.3. The van der Waals surface area contributed by atoms with E-state index in [1.54, 1.807) is 7.11 Å². The number of methoxy groups -OCH3 is 2. The first-order valence-electron chi connectivity index (χ1n) is 18.2. The fourth-order valence-corrected chi connectivity index (χ4v) is 5.76. The van der Waals surface area contributed by atoms with E-state index in [2.05, 4.69) is 20.9 Å². The first-order valence-corrected chi connectivity index (χ1v) is 18.6. The summed E-state index contributed by atoms with van der Waals surface area (Å²) >= 11 is 6.13. The molecule has 1 aliphatic heterocycles. The molecule has 310 valence electrons. The van der Waals surface area contributed by atoms with Crippen LogP contribution in [-0.2, 0) is 28.5 Å². The molecule has 1 aromatic carbocycles. The standard InChI is InChI=1S/C35H60ClN5O13/c1-50-29-19-25(37)24(36)18-23(29)35(49)40-26-7-11-41(21-30(26)51-2)10-5-3-4-6-31(45)38-9-13-53-15-17-54-16-14-52-12-8-32(46)39-20-27(43)33(47)34(48)28(44)22-42/h18-19,26-28,30,33-34,42-44,47-48H,3-17,20-22,37H2,1-2H3,(H,38,45)(H,39,46)(H,40,49)/t26-,27+,28-,30+,33-,34-/m1/s1. The zero-order valence-corrected chi connectivity index (χ0v) is 32.0. The van der Waals surface area contributed by atoms with Gasteiger partial charge in [0.2, 0.25) is 11.8 Å². The Morgan fingerprint density at radius 2 is 1.54 bits per heavy atom. The number of benzene rings is 1. The molecule has 1 aromatic rings. The Balaban J connectivity index is 1.42. The summed E-state index contributed by atoms with van der Waals surface area (Å²) < 4.78 is 27.2. The van der Waals surface area contributed by atoms with Crippen LogP contribution in [0.15, 0.2) is 12.1 Å². The lowest BCUT2D eigenvalue weighted by molar-refractivity contribution is -0.127. The summed E-state index contributed by atoms with van der Waals surface area (Å²) in [5.74, 6) is -0.421. The number of nitrogen functional groups attached to an aromatic ring is 1. The Morgan fingerprint density at radius 1 is 0.889 bits per heavy atom. The van der Waals surface area contributed by atoms with Gasteiger partial charge in [-0.2, -0.15) is 0 Å². The van der Waals surface area contributed by atoms with Gasteiger partial charge in [-0.15, -0.1) is 0 Å². The molecule has 0 aromatic heterocycles. The number of nitrogens with zero attached hydrogens (tertiary/aromatic N) is 1. The van der Waals surface area contributed by atoms with E-state index in [0.717, 1.165) is 38.8 Å². The van der Waals surface area contributed by atoms with Gasteiger partial charge in [-0.25, -0.2) is 0 Å². The zero-order chi connectivity index (χ0) is 39.9. The molecule has 0 saturated carbocycles. The van der Waals surface area contributed by atoms with E-state index >= 15 is 0 Å². The van der Waals surface area contributed by atoms with Gasteiger partial charge < -0.3 is 75.8 Å². The van der Waals surface area contributed by atoms with Gasteiger partial charge in [0.25, 0.3) is 5.91 Å². The number of ether oxygens (including phenoxy) is 5. The smallest absolute Gasteiger partial charge is 0.255 e. The van der Waals surface area contributed by atoms with E-state index in [0.29, 0.717) is 62.9 Å². The summed E-state index contributed by atoms with van der Waals surface area (Å²) in [5, 5.41) is 55.8. The number of aliphatic hydroxyl groups excluding tert-OH is 5. The highest BCUT2D eigenvalue weighted by atomic mass is 35.5. The molecule has 19 heteroatoms. The molecule has 0 unspecified atom stereocenters. The average molecular weight is 794 g/mol. The van der Waals surface area contributed by atoms with Gasteiger partial charge in [0.1, 0.15) is 24.1 Å². The number of carbonyl (C=O) groups excluding carboxylic acids is 3. The van der Waals surface area contributed by atoms with Crippen molar-refractivity contribution in [2.45, 2.75) is 75.1 Å². The number of likely N-dealkylation sites (tertiary alicyclic amines) is 1. The molecule has 1 aliphatic rings. The minimum Gasteiger partial charge on any atom is -0.496 e. The predicted molar refractivity (Wildman–Crippen MR) is 198 cm³/mol. The quantitative estimate of drug-likeness (QED) is 0.0343. The molecule has 1 fully saturated rings. The van der Waals surface area contributed by atoms with E-state index in [9.17, 15) is 34.8 Å². The molecule has 2 rings (SSSR count). The van der Waals surface area contributed by atoms with Gasteiger partial charge in [0.05, 0.1) is 87.9 Å². The van der Waals surface area contributed by atoms with Crippen molar-refractivity contribution in [3.63, 3.8) is 0 Å². The highest BCUT2D eigenvalue weighted by molar-refractivity contribution is 6.33. The van der Waals surface area contributed by atoms with E-state index < -0.39 is 36.9 Å². The molecule has 6 atom stereocenters. The van der Waals surface area contributed by atoms with Crippen LogP contribution in [0.1, 0.15) is 48.9 Å². The summed E-state index contributed by atoms with van der Waals surface area (Å²) in [6.45, 7) is 3.28. The SMILES string of the molecule is COc1cc(N)c(Cl)cc1C(=O)N[C@@H]1CCN(CCCCCC(=O)NCCOCCOCCOCCC(=O)NC[C@H](O)[C@@H](O)[C@H](O)[C@H](O)CO)C[C@@H]1OC. The number of halogens is 1. The Hall–Kier alpha value is -2.88. The number of hydrogen-bond acceptors (Lipinski definition) is 15. The lowest BCUT2D eigenvalue weighted by atomic mass is 10.00. The van der Waals surface area contributed by atoms with Crippen molar-refractivity contribution in [3.8, 4) is 5.75 Å². The summed E-state index contributed by atoms with van der Waals surface area (Å²) in [5.41, 5.74) is 6.49. The molecular formula is C35H60ClN5O13. The number of nitrogens with two attached hydrogens (primary N) is 1. The van der Waals surface area contributed by atoms with E-state index in [-0.39, 0.29) is 55.2 Å². The number of aliphatic hydroxyl groups is 5. The Morgan fingerprint density at radius 3 is 2.20 bits per heavy atom. The van der Waals surface area contributed by atoms with Gasteiger partial charge in [-0.1, -0.05) is 18.0 Å². The highest BCUT2D eigenvalue weighted by Gasteiger charge is 2.32. The molecule has 10 N–H and O–H groups in total. The van der Waals surface area contributed by atoms with Crippen molar-refractivity contribution in [2.24, 2.45) is 0 Å². The first-order chi connectivity index (χ1) is 25.9. The average Bonchev–Trinajstić information content (AvgIpc) is 3.17. The number of piperidine rings is 1. The van der Waals surface area contributed by atoms with Crippen LogP contribution in [0.4, 0.5) is 5.69 Å². The summed E-state index contributed by atoms with van der Waals surface area (Å²) in [6.07, 6.45) is -3.06. The van der Waals surface area contributed by atoms with Crippen molar-refractivity contribution in [1.82, 2.24) is 20.9 Å². The molecular weight excluding hydrogens is 734 g/mol. The van der Waals surface area contributed by atoms with Crippen LogP contribution in [0.3, 0.4) is 0 Å². The van der Waals surface area contributed by atoms with Gasteiger partial charge in [0.15, 0.2) is 0 Å². The largest absolute Gasteiger partial charge is 0.496 e. The normalized spacial score (nSPS) is 18.4. The number of amides is 3. The van der Waals surface area contributed by atoms with Gasteiger partial charge >= 0.3 is 0 Å². The maximum absolute atomic E-state index is 13.0. The number of rotatable bonds is 28. The van der Waals surface area contributed by atoms with E-state index in [4.69, 9.17) is 46.1 Å². The molecule has 0 bridgehead atoms. The van der Waals surface area contributed by atoms with Crippen molar-refractivity contribution < 1.29 is 63.6 Å². The van der Waals surface area contributed by atoms with Crippen LogP contribution in [0.25, 0.3) is 0 Å². The molecule has 0 spiro atoms. The van der Waals surface area contributed by atoms with Crippen LogP contribution in [0, 0.1) is 0 Å². The number of nitrogens with one attached hydrogen (secondary N) is 3. The lowest BCUT2D eigenvalue weighted by Crippen LogP contribution is -2.54. The third-order valence-electron chi connectivity index (χ3n) is 8.82. The van der Waals surface area contributed by atoms with Crippen LogP contribution >= 0.6 is 11.6 Å². The Kier molecular flexibility index (Phi) is 23.5. The second kappa shape index (κ2) is 26.8. The van der Waals surface area contributed by atoms with Crippen molar-refractivity contribution in [1.29, 1.82) is 0 Å². The molecule has 0 radical (unpaired) electrons. The topological polar surface area (TPSA) is 264 Å². The second-order valence-electron chi connectivity index (χ2n) is 12.9. The van der Waals surface area contributed by atoms with Gasteiger partial charge in [0, 0.05) is 52.2 Å². The van der Waals surface area contributed by atoms with E-state index in [1.165, 1.54) is 19.2 Å². The lowest BCUT2D eigenvalue weighted by Gasteiger charge is -2.38. The minimum absolute atomic E-state index is 0.00154. The van der Waals surface area contributed by atoms with Gasteiger partial charge in [-0.3, -0.25) is 14.4 Å². The Bertz CT molecular complexity index is 1250. The van der Waals surface area contributed by atoms with Crippen molar-refractivity contribution in [3.05, 3.63) is 22.7 Å². The fraction of sp³-hybridized carbons (Fsp3) is 0.743. The third-order valence-corrected chi connectivity index (χ3v) is 9.15. The number of carbonyl (C=O) groups is 3. The van der Waals surface area contributed by atoms with E-state index in [1.807, 2.05) is 0 Å². The van der Waals surface area contributed by atoms with Crippen molar-refractivity contribution in [2.75, 3.05) is 98.9 Å². The fourth-order valence-electron chi connectivity index (χ4n) is 5.60. The van der Waals surface area contributed by atoms with Crippen LogP contribution in [0.2, 0.25) is 5.02 Å². The number of unbranched alkanes of at least 4 members (excludes halogenated alkanes) is 2. The molecule has 3 amide bonds. The zero-order valence-electron chi connectivity index (χ0n) is 31.3. The number of anilines is 1. The molecule has 18 nitrogen and oxygen atoms in total. The molecule has 1 heterocycles. The summed E-state index contributed by atoms with van der Waals surface area (Å²) in [6, 6.07) is 2.87. The van der Waals surface area contributed by atoms with Crippen molar-refractivity contribution >= 4 is 35.0 Å². The van der Waals surface area contributed by atoms with Crippen LogP contribution < -0.4 is 26.4 Å². The maximum atomic E-state index is 13.0. The van der Waals surface area contributed by atoms with Crippen LogP contribution in [0.5, 0.6) is 5.75 Å². The highest BCUT2D eigenvalue weighted by Crippen LogP contribution is 2.29. The Labute approximate surface area is 321 Å². The predicted octanol–water partition coefficient (Wildman–Crippen LogP) is -1.58. The molecule has 54 heavy (non-hydrogen) atoms. The number of hydrogen-bond donors (Lipinski definition) is 9. The van der Waals surface area contributed by atoms with Crippen LogP contribution in [-0.4, -0.2) is 178 Å².